The van der Waals surface area contributed by atoms with E-state index in [9.17, 15) is 22.8 Å². The van der Waals surface area contributed by atoms with Crippen molar-refractivity contribution in [3.8, 4) is 5.69 Å². The number of benzene rings is 2. The fourth-order valence-electron chi connectivity index (χ4n) is 2.65. The maximum atomic E-state index is 13.6. The van der Waals surface area contributed by atoms with Gasteiger partial charge in [-0.15, -0.1) is 0 Å². The smallest absolute Gasteiger partial charge is 0.295 e. The number of hydrazone groups is 1. The highest BCUT2D eigenvalue weighted by Gasteiger charge is 2.41. The number of amides is 1. The second-order valence-corrected chi connectivity index (χ2v) is 6.91. The highest BCUT2D eigenvalue weighted by molar-refractivity contribution is 9.10. The molecule has 0 unspecified atom stereocenters. The number of hydrogen-bond acceptors (Lipinski definition) is 3. The van der Waals surface area contributed by atoms with E-state index in [4.69, 9.17) is 0 Å². The van der Waals surface area contributed by atoms with Gasteiger partial charge in [0.15, 0.2) is 5.71 Å². The molecule has 1 aromatic heterocycles. The summed E-state index contributed by atoms with van der Waals surface area (Å²) in [4.78, 5) is 24.8. The molecule has 1 amide bonds. The summed E-state index contributed by atoms with van der Waals surface area (Å²) in [6.45, 7) is 1.33. The van der Waals surface area contributed by atoms with Crippen LogP contribution in [0.1, 0.15) is 21.6 Å². The predicted molar refractivity (Wildman–Crippen MR) is 105 cm³/mol. The number of para-hydroxylation sites is 1. The Kier molecular flexibility index (Phi) is 5.73. The van der Waals surface area contributed by atoms with Crippen LogP contribution in [0.3, 0.4) is 0 Å². The Bertz CT molecular complexity index is 1130. The van der Waals surface area contributed by atoms with Crippen molar-refractivity contribution in [1.82, 2.24) is 15.2 Å². The summed E-state index contributed by atoms with van der Waals surface area (Å²) in [5.74, 6) is -0.843. The second-order valence-electron chi connectivity index (χ2n) is 6.00. The Morgan fingerprint density at radius 1 is 1.14 bits per heavy atom. The zero-order valence-corrected chi connectivity index (χ0v) is 16.5. The molecule has 0 saturated heterocycles. The Balaban J connectivity index is 2.02. The lowest BCUT2D eigenvalue weighted by molar-refractivity contribution is -0.0584. The molecule has 1 heterocycles. The van der Waals surface area contributed by atoms with Gasteiger partial charge < -0.3 is 0 Å². The van der Waals surface area contributed by atoms with E-state index in [1.807, 2.05) is 5.43 Å². The van der Waals surface area contributed by atoms with E-state index in [1.165, 1.54) is 19.1 Å². The van der Waals surface area contributed by atoms with Crippen molar-refractivity contribution in [2.45, 2.75) is 13.1 Å². The maximum absolute atomic E-state index is 13.6. The zero-order valence-electron chi connectivity index (χ0n) is 14.9. The molecule has 29 heavy (non-hydrogen) atoms. The molecule has 10 heteroatoms. The van der Waals surface area contributed by atoms with E-state index in [-0.39, 0.29) is 11.3 Å². The van der Waals surface area contributed by atoms with Crippen molar-refractivity contribution >= 4 is 27.5 Å². The molecule has 3 aromatic rings. The number of carbonyl (C=O) groups is 1. The summed E-state index contributed by atoms with van der Waals surface area (Å²) in [5.41, 5.74) is -0.770. The number of nitrogens with zero attached hydrogens (tertiary/aromatic N) is 2. The Hall–Kier alpha value is -3.14. The first-order valence-electron chi connectivity index (χ1n) is 8.26. The number of hydrogen-bond donors (Lipinski definition) is 2. The quantitative estimate of drug-likeness (QED) is 0.451. The minimum atomic E-state index is -4.97. The number of halogens is 4. The zero-order chi connectivity index (χ0) is 21.2. The van der Waals surface area contributed by atoms with Gasteiger partial charge in [0.25, 0.3) is 11.5 Å². The highest BCUT2D eigenvalue weighted by atomic mass is 79.9. The number of nitrogens with one attached hydrogen (secondary N) is 2. The normalized spacial score (nSPS) is 12.1. The first-order chi connectivity index (χ1) is 13.7. The van der Waals surface area contributed by atoms with Crippen LogP contribution in [0, 0.1) is 6.92 Å². The van der Waals surface area contributed by atoms with Crippen molar-refractivity contribution in [2.24, 2.45) is 5.10 Å². The molecule has 150 valence electrons. The van der Waals surface area contributed by atoms with E-state index in [0.29, 0.717) is 10.2 Å². The van der Waals surface area contributed by atoms with E-state index >= 15 is 0 Å². The van der Waals surface area contributed by atoms with Crippen LogP contribution in [0.5, 0.6) is 0 Å². The van der Waals surface area contributed by atoms with Crippen molar-refractivity contribution in [1.29, 1.82) is 0 Å². The summed E-state index contributed by atoms with van der Waals surface area (Å²) >= 11 is 3.18. The van der Waals surface area contributed by atoms with Crippen molar-refractivity contribution in [2.75, 3.05) is 0 Å². The predicted octanol–water partition coefficient (Wildman–Crippen LogP) is 3.93. The molecule has 0 aliphatic rings. The number of aryl methyl sites for hydroxylation is 1. The third kappa shape index (κ3) is 4.48. The number of aromatic nitrogens is 2. The first kappa shape index (κ1) is 20.6. The highest BCUT2D eigenvalue weighted by Crippen LogP contribution is 2.23. The van der Waals surface area contributed by atoms with Crippen LogP contribution in [-0.2, 0) is 0 Å². The third-order valence-electron chi connectivity index (χ3n) is 3.95. The van der Waals surface area contributed by atoms with Crippen LogP contribution in [0.4, 0.5) is 13.2 Å². The monoisotopic (exact) mass is 466 g/mol. The lowest BCUT2D eigenvalue weighted by Gasteiger charge is -2.09. The van der Waals surface area contributed by atoms with Crippen LogP contribution in [-0.4, -0.2) is 27.6 Å². The summed E-state index contributed by atoms with van der Waals surface area (Å²) in [6, 6.07) is 14.2. The van der Waals surface area contributed by atoms with Crippen molar-refractivity contribution < 1.29 is 18.0 Å². The van der Waals surface area contributed by atoms with Gasteiger partial charge >= 0.3 is 6.18 Å². The minimum Gasteiger partial charge on any atom is -0.295 e. The molecule has 0 radical (unpaired) electrons. The molecule has 0 bridgehead atoms. The van der Waals surface area contributed by atoms with Crippen LogP contribution < -0.4 is 11.0 Å². The van der Waals surface area contributed by atoms with Crippen molar-refractivity contribution in [3.05, 3.63) is 86.2 Å². The average molecular weight is 467 g/mol. The van der Waals surface area contributed by atoms with Gasteiger partial charge in [-0.2, -0.15) is 18.3 Å². The Morgan fingerprint density at radius 2 is 1.83 bits per heavy atom. The fraction of sp³-hybridized carbons (Fsp3) is 0.105. The fourth-order valence-corrected chi connectivity index (χ4v) is 3.05. The maximum Gasteiger partial charge on any atom is 0.435 e. The molecule has 0 saturated carbocycles. The second kappa shape index (κ2) is 8.08. The summed E-state index contributed by atoms with van der Waals surface area (Å²) in [5, 5.41) is 5.86. The first-order valence-corrected chi connectivity index (χ1v) is 9.06. The average Bonchev–Trinajstić information content (AvgIpc) is 2.96. The largest absolute Gasteiger partial charge is 0.435 e. The SMILES string of the molecule is Cc1[nH]n(-c2ccccc2)c(=O)c1C(=NNC(=O)c1cccc(Br)c1)C(F)(F)F. The standard InChI is InChI=1S/C19H14BrF3N4O2/c1-11-15(18(29)27(26-11)14-8-3-2-4-9-14)16(19(21,22)23)24-25-17(28)12-6-5-7-13(20)10-12/h2-10,26H,1H3,(H,25,28). The van der Waals surface area contributed by atoms with Crippen LogP contribution >= 0.6 is 15.9 Å². The summed E-state index contributed by atoms with van der Waals surface area (Å²) in [6.07, 6.45) is -4.97. The number of aromatic amines is 1. The van der Waals surface area contributed by atoms with Gasteiger partial charge in [-0.25, -0.2) is 10.1 Å². The molecule has 0 fully saturated rings. The van der Waals surface area contributed by atoms with E-state index < -0.39 is 28.9 Å². The molecule has 6 nitrogen and oxygen atoms in total. The van der Waals surface area contributed by atoms with Gasteiger partial charge in [-0.3, -0.25) is 14.7 Å². The Labute approximate surface area is 171 Å². The van der Waals surface area contributed by atoms with Gasteiger partial charge in [-0.1, -0.05) is 40.2 Å². The van der Waals surface area contributed by atoms with E-state index in [1.54, 1.807) is 42.5 Å². The summed E-state index contributed by atoms with van der Waals surface area (Å²) in [7, 11) is 0. The van der Waals surface area contributed by atoms with E-state index in [2.05, 4.69) is 26.1 Å². The minimum absolute atomic E-state index is 0.0355. The molecule has 0 aliphatic carbocycles. The van der Waals surface area contributed by atoms with Gasteiger partial charge in [0, 0.05) is 15.7 Å². The van der Waals surface area contributed by atoms with Gasteiger partial charge in [0.2, 0.25) is 0 Å². The molecule has 0 aliphatic heterocycles. The van der Waals surface area contributed by atoms with Gasteiger partial charge in [0.05, 0.1) is 11.3 Å². The third-order valence-corrected chi connectivity index (χ3v) is 4.44. The van der Waals surface area contributed by atoms with E-state index in [0.717, 1.165) is 4.68 Å². The number of carbonyl (C=O) groups excluding carboxylic acids is 1. The summed E-state index contributed by atoms with van der Waals surface area (Å²) < 4.78 is 42.5. The van der Waals surface area contributed by atoms with Crippen LogP contribution in [0.25, 0.3) is 5.69 Å². The molecule has 2 aromatic carbocycles. The van der Waals surface area contributed by atoms with Gasteiger partial charge in [0.1, 0.15) is 0 Å². The molecule has 3 rings (SSSR count). The molecular formula is C19H14BrF3N4O2. The lowest BCUT2D eigenvalue weighted by atomic mass is 10.1. The topological polar surface area (TPSA) is 79.2 Å². The molecule has 2 N–H and O–H groups in total. The lowest BCUT2D eigenvalue weighted by Crippen LogP contribution is -2.33. The van der Waals surface area contributed by atoms with Crippen LogP contribution in [0.15, 0.2) is 69.0 Å². The van der Waals surface area contributed by atoms with Crippen LogP contribution in [0.2, 0.25) is 0 Å². The number of alkyl halides is 3. The molecular weight excluding hydrogens is 453 g/mol. The Morgan fingerprint density at radius 3 is 2.45 bits per heavy atom. The number of rotatable bonds is 4. The number of H-pyrrole nitrogens is 1. The van der Waals surface area contributed by atoms with Gasteiger partial charge in [-0.05, 0) is 37.3 Å². The molecule has 0 spiro atoms. The molecule has 0 atom stereocenters. The van der Waals surface area contributed by atoms with Crippen molar-refractivity contribution in [3.63, 3.8) is 0 Å².